The number of benzene rings is 3. The highest BCUT2D eigenvalue weighted by molar-refractivity contribution is 6.05. The Kier molecular flexibility index (Phi) is 5.38. The van der Waals surface area contributed by atoms with E-state index in [0.29, 0.717) is 0 Å². The number of H-pyrrole nitrogens is 1. The van der Waals surface area contributed by atoms with Gasteiger partial charge in [0.25, 0.3) is 0 Å². The van der Waals surface area contributed by atoms with E-state index in [1.165, 1.54) is 33.4 Å². The van der Waals surface area contributed by atoms with Crippen LogP contribution in [0.5, 0.6) is 11.5 Å². The van der Waals surface area contributed by atoms with Crippen LogP contribution in [0.25, 0.3) is 17.2 Å². The Morgan fingerprint density at radius 1 is 0.844 bits per heavy atom. The van der Waals surface area contributed by atoms with Gasteiger partial charge < -0.3 is 4.74 Å². The summed E-state index contributed by atoms with van der Waals surface area (Å²) in [5.74, 6) is 2.42. The van der Waals surface area contributed by atoms with Gasteiger partial charge in [0.1, 0.15) is 11.5 Å². The molecule has 0 radical (unpaired) electrons. The summed E-state index contributed by atoms with van der Waals surface area (Å²) in [7, 11) is 0. The minimum Gasteiger partial charge on any atom is -0.457 e. The van der Waals surface area contributed by atoms with E-state index >= 15 is 0 Å². The zero-order chi connectivity index (χ0) is 21.9. The minimum absolute atomic E-state index is 0.740. The predicted molar refractivity (Wildman–Crippen MR) is 127 cm³/mol. The second kappa shape index (κ2) is 8.63. The number of ether oxygens (including phenoxy) is 1. The third kappa shape index (κ3) is 4.10. The lowest BCUT2D eigenvalue weighted by Crippen LogP contribution is -1.92. The average molecular weight is 421 g/mol. The molecule has 1 heterocycles. The molecule has 5 nitrogen and oxygen atoms in total. The maximum Gasteiger partial charge on any atom is 0.174 e. The lowest BCUT2D eigenvalue weighted by Gasteiger charge is -2.07. The summed E-state index contributed by atoms with van der Waals surface area (Å²) >= 11 is 0. The van der Waals surface area contributed by atoms with Gasteiger partial charge in [-0.05, 0) is 89.6 Å². The van der Waals surface area contributed by atoms with Gasteiger partial charge in [0, 0.05) is 6.42 Å². The van der Waals surface area contributed by atoms with Crippen LogP contribution < -0.4 is 4.74 Å². The molecular formula is C27H24N4O. The van der Waals surface area contributed by atoms with Gasteiger partial charge in [0.15, 0.2) is 5.82 Å². The van der Waals surface area contributed by atoms with Crippen molar-refractivity contribution < 1.29 is 4.74 Å². The van der Waals surface area contributed by atoms with E-state index in [0.717, 1.165) is 35.7 Å². The first-order valence-corrected chi connectivity index (χ1v) is 10.8. The average Bonchev–Trinajstić information content (AvgIpc) is 3.41. The molecule has 0 bridgehead atoms. The summed E-state index contributed by atoms with van der Waals surface area (Å²) in [6.07, 6.45) is 3.89. The quantitative estimate of drug-likeness (QED) is 0.400. The van der Waals surface area contributed by atoms with Crippen molar-refractivity contribution >= 4 is 17.2 Å². The van der Waals surface area contributed by atoms with Crippen molar-refractivity contribution in [3.63, 3.8) is 0 Å². The van der Waals surface area contributed by atoms with E-state index in [-0.39, 0.29) is 0 Å². The van der Waals surface area contributed by atoms with Crippen molar-refractivity contribution in [1.82, 2.24) is 20.6 Å². The second-order valence-corrected chi connectivity index (χ2v) is 8.02. The molecule has 1 aromatic heterocycles. The van der Waals surface area contributed by atoms with E-state index in [1.54, 1.807) is 0 Å². The fourth-order valence-corrected chi connectivity index (χ4v) is 4.19. The molecule has 0 fully saturated rings. The third-order valence-corrected chi connectivity index (χ3v) is 5.80. The topological polar surface area (TPSA) is 63.7 Å². The van der Waals surface area contributed by atoms with E-state index in [4.69, 9.17) is 4.74 Å². The molecule has 3 aromatic carbocycles. The number of tetrazole rings is 1. The van der Waals surface area contributed by atoms with Crippen molar-refractivity contribution in [2.45, 2.75) is 26.7 Å². The second-order valence-electron chi connectivity index (χ2n) is 8.02. The highest BCUT2D eigenvalue weighted by Gasteiger charge is 2.23. The number of aryl methyl sites for hydroxylation is 2. The van der Waals surface area contributed by atoms with Gasteiger partial charge in [0.2, 0.25) is 0 Å². The number of nitrogens with zero attached hydrogens (tertiary/aromatic N) is 3. The van der Waals surface area contributed by atoms with Gasteiger partial charge in [0.05, 0.1) is 0 Å². The number of allylic oxidation sites excluding steroid dienone is 3. The van der Waals surface area contributed by atoms with Crippen molar-refractivity contribution in [3.8, 4) is 11.5 Å². The van der Waals surface area contributed by atoms with Gasteiger partial charge in [-0.1, -0.05) is 53.7 Å². The Balaban J connectivity index is 1.41. The fraction of sp³-hybridized carbons (Fsp3) is 0.148. The monoisotopic (exact) mass is 420 g/mol. The Morgan fingerprint density at radius 2 is 1.66 bits per heavy atom. The summed E-state index contributed by atoms with van der Waals surface area (Å²) in [6.45, 7) is 4.26. The van der Waals surface area contributed by atoms with Crippen LogP contribution in [0.1, 0.15) is 41.4 Å². The normalized spacial score (nSPS) is 14.1. The van der Waals surface area contributed by atoms with Crippen LogP contribution in [0.4, 0.5) is 0 Å². The molecule has 0 unspecified atom stereocenters. The fourth-order valence-electron chi connectivity index (χ4n) is 4.19. The molecule has 4 aromatic rings. The van der Waals surface area contributed by atoms with Crippen LogP contribution in [0, 0.1) is 6.92 Å². The van der Waals surface area contributed by atoms with Crippen molar-refractivity contribution in [3.05, 3.63) is 106 Å². The molecular weight excluding hydrogens is 396 g/mol. The number of hydrogen-bond acceptors (Lipinski definition) is 4. The van der Waals surface area contributed by atoms with Crippen LogP contribution in [-0.2, 0) is 6.42 Å². The van der Waals surface area contributed by atoms with Crippen LogP contribution in [-0.4, -0.2) is 20.6 Å². The first kappa shape index (κ1) is 19.9. The first-order valence-electron chi connectivity index (χ1n) is 10.8. The van der Waals surface area contributed by atoms with Crippen LogP contribution in [0.15, 0.2) is 78.4 Å². The number of aromatic nitrogens is 4. The molecule has 0 atom stereocenters. The summed E-state index contributed by atoms with van der Waals surface area (Å²) in [4.78, 5) is 0. The Labute approximate surface area is 187 Å². The first-order chi connectivity index (χ1) is 15.7. The number of fused-ring (bicyclic) bond motifs is 1. The summed E-state index contributed by atoms with van der Waals surface area (Å²) in [5, 5.41) is 14.4. The zero-order valence-corrected chi connectivity index (χ0v) is 18.2. The molecule has 5 rings (SSSR count). The molecule has 1 aliphatic carbocycles. The third-order valence-electron chi connectivity index (χ3n) is 5.80. The van der Waals surface area contributed by atoms with Gasteiger partial charge in [-0.25, -0.2) is 0 Å². The van der Waals surface area contributed by atoms with Crippen molar-refractivity contribution in [2.24, 2.45) is 0 Å². The van der Waals surface area contributed by atoms with Crippen molar-refractivity contribution in [1.29, 1.82) is 0 Å². The molecule has 1 aliphatic rings. The van der Waals surface area contributed by atoms with Crippen molar-refractivity contribution in [2.75, 3.05) is 0 Å². The van der Waals surface area contributed by atoms with Gasteiger partial charge in [-0.3, -0.25) is 0 Å². The Bertz CT molecular complexity index is 1300. The molecule has 0 spiro atoms. The summed E-state index contributed by atoms with van der Waals surface area (Å²) < 4.78 is 6.00. The molecule has 0 saturated carbocycles. The van der Waals surface area contributed by atoms with Gasteiger partial charge >= 0.3 is 0 Å². The largest absolute Gasteiger partial charge is 0.457 e. The number of nitrogens with one attached hydrogen (secondary N) is 1. The predicted octanol–water partition coefficient (Wildman–Crippen LogP) is 6.26. The molecule has 0 saturated heterocycles. The summed E-state index contributed by atoms with van der Waals surface area (Å²) in [6, 6.07) is 24.9. The van der Waals surface area contributed by atoms with Crippen LogP contribution in [0.3, 0.4) is 0 Å². The maximum absolute atomic E-state index is 6.00. The molecule has 1 N–H and O–H groups in total. The lowest BCUT2D eigenvalue weighted by atomic mass is 10.0. The standard InChI is InChI=1S/C27H24N4O/c1-18-6-5-7-22(16-18)32-21-12-10-20(11-13-21)17-26-19(2)23(14-15-27-28-30-31-29-27)24-8-3-4-9-25(24)26/h3-13,16-17H,14-15H2,1-2H3,(H,28,29,30,31)/b26-17-. The lowest BCUT2D eigenvalue weighted by molar-refractivity contribution is 0.482. The number of aromatic amines is 1. The van der Waals surface area contributed by atoms with E-state index in [2.05, 4.69) is 83.0 Å². The van der Waals surface area contributed by atoms with Crippen LogP contribution in [0.2, 0.25) is 0 Å². The Morgan fingerprint density at radius 3 is 2.41 bits per heavy atom. The van der Waals surface area contributed by atoms with E-state index in [9.17, 15) is 0 Å². The molecule has 0 amide bonds. The van der Waals surface area contributed by atoms with E-state index in [1.807, 2.05) is 30.3 Å². The summed E-state index contributed by atoms with van der Waals surface area (Å²) in [5.41, 5.74) is 8.79. The minimum atomic E-state index is 0.740. The molecule has 32 heavy (non-hydrogen) atoms. The highest BCUT2D eigenvalue weighted by Crippen LogP contribution is 2.43. The van der Waals surface area contributed by atoms with Gasteiger partial charge in [-0.15, -0.1) is 10.2 Å². The SMILES string of the molecule is CC1=C(CCc2nn[nH]n2)c2ccccc2/C1=C\c1ccc(Oc2cccc(C)c2)cc1. The zero-order valence-electron chi connectivity index (χ0n) is 18.2. The highest BCUT2D eigenvalue weighted by atomic mass is 16.5. The maximum atomic E-state index is 6.00. The number of hydrogen-bond donors (Lipinski definition) is 1. The van der Waals surface area contributed by atoms with Gasteiger partial charge in [-0.2, -0.15) is 5.21 Å². The van der Waals surface area contributed by atoms with Crippen LogP contribution >= 0.6 is 0 Å². The molecule has 5 heteroatoms. The molecule has 0 aliphatic heterocycles. The van der Waals surface area contributed by atoms with E-state index < -0.39 is 0 Å². The number of rotatable bonds is 6. The smallest absolute Gasteiger partial charge is 0.174 e. The Hall–Kier alpha value is -3.99. The molecule has 158 valence electrons.